The Bertz CT molecular complexity index is 273. The van der Waals surface area contributed by atoms with Crippen LogP contribution in [0.4, 0.5) is 13.2 Å². The van der Waals surface area contributed by atoms with Gasteiger partial charge in [-0.15, -0.1) is 11.6 Å². The molecule has 0 aromatic carbocycles. The van der Waals surface area contributed by atoms with Gasteiger partial charge in [-0.25, -0.2) is 0 Å². The Morgan fingerprint density at radius 3 is 2.59 bits per heavy atom. The van der Waals surface area contributed by atoms with Crippen LogP contribution in [0.3, 0.4) is 0 Å². The third kappa shape index (κ3) is 3.74. The van der Waals surface area contributed by atoms with Crippen LogP contribution >= 0.6 is 11.6 Å². The van der Waals surface area contributed by atoms with E-state index in [9.17, 15) is 18.0 Å². The van der Waals surface area contributed by atoms with E-state index in [0.29, 0.717) is 6.61 Å². The van der Waals surface area contributed by atoms with Crippen LogP contribution in [0, 0.1) is 11.8 Å². The van der Waals surface area contributed by atoms with Crippen molar-refractivity contribution in [3.8, 4) is 0 Å². The molecule has 3 nitrogen and oxygen atoms in total. The summed E-state index contributed by atoms with van der Waals surface area (Å²) < 4.78 is 43.3. The van der Waals surface area contributed by atoms with Crippen molar-refractivity contribution in [2.45, 2.75) is 13.1 Å². The average Bonchev–Trinajstić information content (AvgIpc) is 2.69. The van der Waals surface area contributed by atoms with Crippen LogP contribution < -0.4 is 0 Å². The van der Waals surface area contributed by atoms with E-state index in [1.54, 1.807) is 6.92 Å². The number of amides is 1. The molecule has 0 aromatic rings. The van der Waals surface area contributed by atoms with Crippen LogP contribution in [-0.4, -0.2) is 49.2 Å². The highest BCUT2D eigenvalue weighted by Crippen LogP contribution is 2.37. The molecule has 1 heterocycles. The summed E-state index contributed by atoms with van der Waals surface area (Å²) in [5.41, 5.74) is 0. The molecule has 1 fully saturated rings. The summed E-state index contributed by atoms with van der Waals surface area (Å²) >= 11 is 5.34. The number of rotatable bonds is 4. The molecule has 1 amide bonds. The topological polar surface area (TPSA) is 29.5 Å². The van der Waals surface area contributed by atoms with Crippen LogP contribution in [-0.2, 0) is 9.53 Å². The highest BCUT2D eigenvalue weighted by Gasteiger charge is 2.50. The van der Waals surface area contributed by atoms with Gasteiger partial charge in [0, 0.05) is 25.6 Å². The van der Waals surface area contributed by atoms with E-state index in [0.717, 1.165) is 4.90 Å². The first-order chi connectivity index (χ1) is 7.90. The predicted molar refractivity (Wildman–Crippen MR) is 56.8 cm³/mol. The Morgan fingerprint density at radius 2 is 2.12 bits per heavy atom. The first-order valence-corrected chi connectivity index (χ1v) is 5.91. The van der Waals surface area contributed by atoms with Crippen molar-refractivity contribution in [3.05, 3.63) is 0 Å². The van der Waals surface area contributed by atoms with E-state index in [4.69, 9.17) is 16.3 Å². The Labute approximate surface area is 103 Å². The molecule has 1 aliphatic rings. The molecule has 0 spiro atoms. The van der Waals surface area contributed by atoms with Crippen molar-refractivity contribution in [2.24, 2.45) is 11.8 Å². The fourth-order valence-corrected chi connectivity index (χ4v) is 2.14. The number of ether oxygens (including phenoxy) is 1. The minimum atomic E-state index is -4.30. The van der Waals surface area contributed by atoms with Gasteiger partial charge in [0.15, 0.2) is 0 Å². The van der Waals surface area contributed by atoms with E-state index < -0.39 is 23.9 Å². The van der Waals surface area contributed by atoms with Crippen LogP contribution in [0.25, 0.3) is 0 Å². The smallest absolute Gasteiger partial charge is 0.381 e. The lowest BCUT2D eigenvalue weighted by atomic mass is 9.96. The van der Waals surface area contributed by atoms with Crippen LogP contribution in [0.15, 0.2) is 0 Å². The minimum absolute atomic E-state index is 0.0206. The summed E-state index contributed by atoms with van der Waals surface area (Å²) in [6.45, 7) is 1.86. The lowest BCUT2D eigenvalue weighted by molar-refractivity contribution is -0.184. The Balaban J connectivity index is 2.68. The van der Waals surface area contributed by atoms with Gasteiger partial charge < -0.3 is 9.64 Å². The van der Waals surface area contributed by atoms with Crippen molar-refractivity contribution in [3.63, 3.8) is 0 Å². The zero-order valence-electron chi connectivity index (χ0n) is 9.47. The molecule has 7 heteroatoms. The third-order valence-electron chi connectivity index (χ3n) is 2.86. The fraction of sp³-hybridized carbons (Fsp3) is 0.900. The summed E-state index contributed by atoms with van der Waals surface area (Å²) in [6.07, 6.45) is -4.30. The maximum Gasteiger partial charge on any atom is 0.393 e. The van der Waals surface area contributed by atoms with Crippen molar-refractivity contribution >= 4 is 17.5 Å². The van der Waals surface area contributed by atoms with Gasteiger partial charge in [0.05, 0.1) is 12.5 Å². The lowest BCUT2D eigenvalue weighted by Crippen LogP contribution is -2.33. The lowest BCUT2D eigenvalue weighted by Gasteiger charge is -2.20. The fourth-order valence-electron chi connectivity index (χ4n) is 1.97. The highest BCUT2D eigenvalue weighted by molar-refractivity contribution is 6.27. The van der Waals surface area contributed by atoms with E-state index in [1.165, 1.54) is 0 Å². The number of halogens is 4. The largest absolute Gasteiger partial charge is 0.393 e. The number of alkyl halides is 4. The molecule has 100 valence electrons. The molecule has 0 saturated carbocycles. The normalized spacial score (nSPS) is 25.4. The van der Waals surface area contributed by atoms with Crippen LogP contribution in [0.2, 0.25) is 0 Å². The molecule has 0 radical (unpaired) electrons. The van der Waals surface area contributed by atoms with Crippen molar-refractivity contribution < 1.29 is 22.7 Å². The molecular formula is C10H15ClF3NO2. The predicted octanol–water partition coefficient (Wildman–Crippen LogP) is 1.90. The molecule has 0 bridgehead atoms. The molecule has 2 atom stereocenters. The van der Waals surface area contributed by atoms with Crippen molar-refractivity contribution in [2.75, 3.05) is 32.2 Å². The second-order valence-electron chi connectivity index (χ2n) is 4.00. The molecule has 1 rings (SSSR count). The number of likely N-dealkylation sites (tertiary alicyclic amines) is 1. The van der Waals surface area contributed by atoms with E-state index >= 15 is 0 Å². The summed E-state index contributed by atoms with van der Waals surface area (Å²) in [5.74, 6) is -2.95. The van der Waals surface area contributed by atoms with Gasteiger partial charge in [-0.2, -0.15) is 13.2 Å². The van der Waals surface area contributed by atoms with Gasteiger partial charge in [0.2, 0.25) is 5.91 Å². The molecule has 0 aliphatic carbocycles. The molecule has 1 aliphatic heterocycles. The Kier molecular flexibility index (Phi) is 5.06. The summed E-state index contributed by atoms with van der Waals surface area (Å²) in [4.78, 5) is 12.5. The number of nitrogens with zero attached hydrogens (tertiary/aromatic N) is 1. The second kappa shape index (κ2) is 5.91. The van der Waals surface area contributed by atoms with Gasteiger partial charge in [-0.3, -0.25) is 4.79 Å². The summed E-state index contributed by atoms with van der Waals surface area (Å²) in [5, 5.41) is 0. The standard InChI is InChI=1S/C10H15ClF3NO2/c1-2-17-6-7-4-15(9(16)3-11)5-8(7)10(12,13)14/h7-8H,2-6H2,1H3/t7-,8+/m1/s1. The SMILES string of the molecule is CCOC[C@H]1CN(C(=O)CCl)C[C@@H]1C(F)(F)F. The van der Waals surface area contributed by atoms with Gasteiger partial charge in [-0.1, -0.05) is 0 Å². The Morgan fingerprint density at radius 1 is 1.47 bits per heavy atom. The van der Waals surface area contributed by atoms with Crippen molar-refractivity contribution in [1.29, 1.82) is 0 Å². The minimum Gasteiger partial charge on any atom is -0.381 e. The molecule has 0 N–H and O–H groups in total. The van der Waals surface area contributed by atoms with Gasteiger partial charge in [0.1, 0.15) is 5.88 Å². The molecule has 17 heavy (non-hydrogen) atoms. The number of carbonyl (C=O) groups excluding carboxylic acids is 1. The average molecular weight is 274 g/mol. The van der Waals surface area contributed by atoms with E-state index in [2.05, 4.69) is 0 Å². The van der Waals surface area contributed by atoms with E-state index in [1.807, 2.05) is 0 Å². The molecule has 0 aromatic heterocycles. The quantitative estimate of drug-likeness (QED) is 0.732. The zero-order valence-corrected chi connectivity index (χ0v) is 10.2. The van der Waals surface area contributed by atoms with E-state index in [-0.39, 0.29) is 25.6 Å². The van der Waals surface area contributed by atoms with Crippen molar-refractivity contribution in [1.82, 2.24) is 4.90 Å². The third-order valence-corrected chi connectivity index (χ3v) is 3.09. The maximum absolute atomic E-state index is 12.8. The number of hydrogen-bond acceptors (Lipinski definition) is 2. The molecular weight excluding hydrogens is 259 g/mol. The summed E-state index contributed by atoms with van der Waals surface area (Å²) in [7, 11) is 0. The van der Waals surface area contributed by atoms with Crippen LogP contribution in [0.5, 0.6) is 0 Å². The number of carbonyl (C=O) groups is 1. The first kappa shape index (κ1) is 14.6. The highest BCUT2D eigenvalue weighted by atomic mass is 35.5. The Hall–Kier alpha value is -0.490. The first-order valence-electron chi connectivity index (χ1n) is 5.38. The molecule has 0 unspecified atom stereocenters. The van der Waals surface area contributed by atoms with Gasteiger partial charge >= 0.3 is 6.18 Å². The zero-order chi connectivity index (χ0) is 13.1. The van der Waals surface area contributed by atoms with Gasteiger partial charge in [0.25, 0.3) is 0 Å². The summed E-state index contributed by atoms with van der Waals surface area (Å²) in [6, 6.07) is 0. The second-order valence-corrected chi connectivity index (χ2v) is 4.27. The maximum atomic E-state index is 12.8. The number of hydrogen-bond donors (Lipinski definition) is 0. The van der Waals surface area contributed by atoms with Crippen LogP contribution in [0.1, 0.15) is 6.92 Å². The molecule has 1 saturated heterocycles. The monoisotopic (exact) mass is 273 g/mol. The van der Waals surface area contributed by atoms with Gasteiger partial charge in [-0.05, 0) is 6.92 Å².